The molecule has 1 aromatic heterocycles. The lowest BCUT2D eigenvalue weighted by Gasteiger charge is -2.27. The lowest BCUT2D eigenvalue weighted by molar-refractivity contribution is -0.137. The molecule has 1 aliphatic carbocycles. The van der Waals surface area contributed by atoms with Gasteiger partial charge in [0.15, 0.2) is 0 Å². The fourth-order valence-corrected chi connectivity index (χ4v) is 4.13. The number of halogens is 5. The van der Waals surface area contributed by atoms with E-state index in [2.05, 4.69) is 18.1 Å². The maximum atomic E-state index is 14.6. The Hall–Kier alpha value is -2.76. The van der Waals surface area contributed by atoms with Crippen molar-refractivity contribution in [3.63, 3.8) is 0 Å². The van der Waals surface area contributed by atoms with Crippen LogP contribution in [0, 0.1) is 17.6 Å². The van der Waals surface area contributed by atoms with Gasteiger partial charge in [0.25, 0.3) is 0 Å². The highest BCUT2D eigenvalue weighted by Gasteiger charge is 2.30. The molecule has 0 aliphatic heterocycles. The third-order valence-electron chi connectivity index (χ3n) is 6.03. The highest BCUT2D eigenvalue weighted by molar-refractivity contribution is 5.87. The highest BCUT2D eigenvalue weighted by Crippen LogP contribution is 2.31. The minimum Gasteiger partial charge on any atom is -0.260 e. The minimum atomic E-state index is -4.47. The Morgan fingerprint density at radius 2 is 1.50 bits per heavy atom. The smallest absolute Gasteiger partial charge is 0.260 e. The minimum absolute atomic E-state index is 0.0688. The molecule has 1 aliphatic rings. The van der Waals surface area contributed by atoms with Crippen LogP contribution in [0.1, 0.15) is 41.6 Å². The summed E-state index contributed by atoms with van der Waals surface area (Å²) in [5, 5.41) is 0.950. The zero-order valence-corrected chi connectivity index (χ0v) is 16.3. The van der Waals surface area contributed by atoms with E-state index in [1.807, 2.05) is 0 Å². The summed E-state index contributed by atoms with van der Waals surface area (Å²) in [5.74, 6) is -0.730. The predicted octanol–water partition coefficient (Wildman–Crippen LogP) is 5.29. The summed E-state index contributed by atoms with van der Waals surface area (Å²) in [4.78, 5) is 3.95. The molecule has 0 spiro atoms. The number of benzene rings is 2. The van der Waals surface area contributed by atoms with E-state index in [0.717, 1.165) is 49.2 Å². The van der Waals surface area contributed by atoms with E-state index in [0.29, 0.717) is 34.0 Å². The third-order valence-corrected chi connectivity index (χ3v) is 6.03. The van der Waals surface area contributed by atoms with Gasteiger partial charge in [-0.15, -0.1) is 0 Å². The van der Waals surface area contributed by atoms with Gasteiger partial charge in [0, 0.05) is 29.1 Å². The van der Waals surface area contributed by atoms with E-state index >= 15 is 0 Å². The van der Waals surface area contributed by atoms with Gasteiger partial charge in [-0.05, 0) is 58.2 Å². The summed E-state index contributed by atoms with van der Waals surface area (Å²) in [6.07, 6.45) is 0.372. The van der Waals surface area contributed by atoms with Crippen molar-refractivity contribution >= 4 is 23.9 Å². The van der Waals surface area contributed by atoms with Gasteiger partial charge in [0.1, 0.15) is 11.6 Å². The number of alkyl halides is 3. The molecule has 30 heavy (non-hydrogen) atoms. The number of hydrogen-bond acceptors (Lipinski definition) is 1. The van der Waals surface area contributed by atoms with Gasteiger partial charge in [0.2, 0.25) is 0 Å². The summed E-state index contributed by atoms with van der Waals surface area (Å²) in [5.41, 5.74) is 1.03. The number of fused-ring (bicyclic) bond motifs is 1. The van der Waals surface area contributed by atoms with Gasteiger partial charge in [0.05, 0.1) is 5.56 Å². The van der Waals surface area contributed by atoms with Crippen molar-refractivity contribution in [2.24, 2.45) is 5.92 Å². The van der Waals surface area contributed by atoms with Crippen LogP contribution in [0.25, 0.3) is 23.9 Å². The van der Waals surface area contributed by atoms with Gasteiger partial charge in [-0.1, -0.05) is 32.4 Å². The quantitative estimate of drug-likeness (QED) is 0.526. The molecule has 1 fully saturated rings. The number of hydrogen-bond donors (Lipinski definition) is 0. The summed E-state index contributed by atoms with van der Waals surface area (Å²) in [7, 11) is 0. The Morgan fingerprint density at radius 3 is 1.97 bits per heavy atom. The highest BCUT2D eigenvalue weighted by atomic mass is 19.4. The maximum Gasteiger partial charge on any atom is 0.417 e. The fraction of sp³-hybridized carbons (Fsp3) is 0.292. The van der Waals surface area contributed by atoms with Crippen LogP contribution in [0.3, 0.4) is 0 Å². The number of pyridine rings is 1. The summed E-state index contributed by atoms with van der Waals surface area (Å²) in [6, 6.07) is 4.42. The molecule has 1 nitrogen and oxygen atoms in total. The molecule has 0 radical (unpaired) electrons. The fourth-order valence-electron chi connectivity index (χ4n) is 4.13. The second kappa shape index (κ2) is 7.49. The van der Waals surface area contributed by atoms with Crippen LogP contribution in [-0.2, 0) is 19.0 Å². The first-order valence-electron chi connectivity index (χ1n) is 9.78. The van der Waals surface area contributed by atoms with E-state index in [4.69, 9.17) is 0 Å². The first-order chi connectivity index (χ1) is 14.2. The van der Waals surface area contributed by atoms with Gasteiger partial charge < -0.3 is 0 Å². The largest absolute Gasteiger partial charge is 0.417 e. The van der Waals surface area contributed by atoms with Gasteiger partial charge in [-0.25, -0.2) is 8.78 Å². The summed E-state index contributed by atoms with van der Waals surface area (Å²) < 4.78 is 67.7. The lowest BCUT2D eigenvalue weighted by Crippen LogP contribution is -2.28. The molecule has 4 rings (SSSR count). The Bertz CT molecular complexity index is 1210. The second-order valence-corrected chi connectivity index (χ2v) is 7.91. The zero-order chi connectivity index (χ0) is 21.6. The molecule has 1 heterocycles. The number of aromatic nitrogens is 1. The molecule has 0 saturated heterocycles. The normalized spacial score (nSPS) is 14.8. The van der Waals surface area contributed by atoms with Crippen molar-refractivity contribution in [1.29, 1.82) is 0 Å². The molecular formula is C24H20F5N. The maximum absolute atomic E-state index is 14.6. The van der Waals surface area contributed by atoms with Crippen LogP contribution in [0.2, 0.25) is 0 Å². The Kier molecular flexibility index (Phi) is 5.12. The van der Waals surface area contributed by atoms with Crippen LogP contribution < -0.4 is 10.4 Å². The molecule has 0 unspecified atom stereocenters. The van der Waals surface area contributed by atoms with Crippen LogP contribution in [0.5, 0.6) is 0 Å². The first-order valence-corrected chi connectivity index (χ1v) is 9.78. The molecular weight excluding hydrogens is 397 g/mol. The zero-order valence-electron chi connectivity index (χ0n) is 16.3. The lowest BCUT2D eigenvalue weighted by atomic mass is 9.78. The monoisotopic (exact) mass is 417 g/mol. The Balaban J connectivity index is 1.88. The standard InChI is InChI=1S/C24H20F5N/c1-13-18(10-15-4-3-5-15)19(11-17-7-6-16(12-30-17)24(27,28)29)14(2)23-21(26)9-8-20(25)22(13)23/h6-9,12,15H,1-5,10-11H2. The van der Waals surface area contributed by atoms with E-state index in [1.165, 1.54) is 6.07 Å². The van der Waals surface area contributed by atoms with Crippen molar-refractivity contribution in [1.82, 2.24) is 4.98 Å². The average molecular weight is 417 g/mol. The van der Waals surface area contributed by atoms with Crippen molar-refractivity contribution in [2.45, 2.75) is 38.3 Å². The second-order valence-electron chi connectivity index (χ2n) is 7.91. The molecule has 156 valence electrons. The van der Waals surface area contributed by atoms with Crippen LogP contribution in [0.15, 0.2) is 30.5 Å². The topological polar surface area (TPSA) is 12.9 Å². The van der Waals surface area contributed by atoms with Crippen molar-refractivity contribution < 1.29 is 22.0 Å². The van der Waals surface area contributed by atoms with Crippen LogP contribution >= 0.6 is 0 Å². The van der Waals surface area contributed by atoms with E-state index in [-0.39, 0.29) is 17.2 Å². The summed E-state index contributed by atoms with van der Waals surface area (Å²) >= 11 is 0. The molecule has 0 amide bonds. The Morgan fingerprint density at radius 1 is 0.900 bits per heavy atom. The predicted molar refractivity (Wildman–Crippen MR) is 107 cm³/mol. The number of rotatable bonds is 4. The molecule has 6 heteroatoms. The number of nitrogens with zero attached hydrogens (tertiary/aromatic N) is 1. The van der Waals surface area contributed by atoms with E-state index in [1.54, 1.807) is 0 Å². The molecule has 1 saturated carbocycles. The van der Waals surface area contributed by atoms with Gasteiger partial charge >= 0.3 is 6.18 Å². The van der Waals surface area contributed by atoms with Crippen molar-refractivity contribution in [3.05, 3.63) is 74.9 Å². The molecule has 0 N–H and O–H groups in total. The molecule has 2 aromatic carbocycles. The van der Waals surface area contributed by atoms with E-state index in [9.17, 15) is 22.0 Å². The van der Waals surface area contributed by atoms with Crippen molar-refractivity contribution in [2.75, 3.05) is 0 Å². The van der Waals surface area contributed by atoms with Gasteiger partial charge in [-0.3, -0.25) is 4.98 Å². The van der Waals surface area contributed by atoms with E-state index < -0.39 is 23.4 Å². The first kappa shape index (κ1) is 20.5. The molecule has 0 bridgehead atoms. The van der Waals surface area contributed by atoms with Gasteiger partial charge in [-0.2, -0.15) is 13.2 Å². The van der Waals surface area contributed by atoms with Crippen LogP contribution in [-0.4, -0.2) is 4.98 Å². The van der Waals surface area contributed by atoms with Crippen LogP contribution in [0.4, 0.5) is 22.0 Å². The Labute approximate surface area is 170 Å². The average Bonchev–Trinajstić information content (AvgIpc) is 2.65. The SMILES string of the molecule is C=c1c(Cc2ccc(C(F)(F)F)cn2)c(CC2CCC2)c(=C)c2c(F)ccc(F)c12. The van der Waals surface area contributed by atoms with Crippen molar-refractivity contribution in [3.8, 4) is 0 Å². The molecule has 3 aromatic rings. The summed E-state index contributed by atoms with van der Waals surface area (Å²) in [6.45, 7) is 8.06. The molecule has 0 atom stereocenters. The third kappa shape index (κ3) is 3.59.